The van der Waals surface area contributed by atoms with Gasteiger partial charge in [0, 0.05) is 6.42 Å². The van der Waals surface area contributed by atoms with Crippen molar-refractivity contribution in [1.29, 1.82) is 0 Å². The van der Waals surface area contributed by atoms with Gasteiger partial charge in [0.05, 0.1) is 7.11 Å². The molecule has 0 spiro atoms. The van der Waals surface area contributed by atoms with Crippen LogP contribution in [-0.4, -0.2) is 13.0 Å². The van der Waals surface area contributed by atoms with E-state index in [4.69, 9.17) is 10.6 Å². The minimum Gasteiger partial charge on any atom is -0.496 e. The van der Waals surface area contributed by atoms with Crippen molar-refractivity contribution in [2.75, 3.05) is 7.11 Å². The van der Waals surface area contributed by atoms with E-state index in [9.17, 15) is 4.79 Å². The van der Waals surface area contributed by atoms with Crippen molar-refractivity contribution in [3.8, 4) is 5.75 Å². The maximum absolute atomic E-state index is 11.0. The van der Waals surface area contributed by atoms with Crippen molar-refractivity contribution in [2.45, 2.75) is 33.1 Å². The molecule has 1 aromatic carbocycles. The SMILES string of the molecule is COc1cc(C)c(C)cc1CCCC(=O)NN. The van der Waals surface area contributed by atoms with E-state index in [0.29, 0.717) is 6.42 Å². The van der Waals surface area contributed by atoms with Gasteiger partial charge in [0.1, 0.15) is 5.75 Å². The molecule has 0 fully saturated rings. The topological polar surface area (TPSA) is 64.3 Å². The molecular weight excluding hydrogens is 216 g/mol. The Morgan fingerprint density at radius 3 is 2.59 bits per heavy atom. The quantitative estimate of drug-likeness (QED) is 0.464. The Labute approximate surface area is 102 Å². The first-order chi connectivity index (χ1) is 8.08. The van der Waals surface area contributed by atoms with Gasteiger partial charge in [0.2, 0.25) is 5.91 Å². The summed E-state index contributed by atoms with van der Waals surface area (Å²) in [5, 5.41) is 0. The first-order valence-corrected chi connectivity index (χ1v) is 5.72. The fraction of sp³-hybridized carbons (Fsp3) is 0.462. The Balaban J connectivity index is 2.69. The number of hydrogen-bond acceptors (Lipinski definition) is 3. The second kappa shape index (κ2) is 6.25. The number of carbonyl (C=O) groups is 1. The summed E-state index contributed by atoms with van der Waals surface area (Å²) in [6.45, 7) is 4.13. The average molecular weight is 236 g/mol. The first kappa shape index (κ1) is 13.5. The summed E-state index contributed by atoms with van der Waals surface area (Å²) in [5.74, 6) is 5.79. The van der Waals surface area contributed by atoms with Crippen molar-refractivity contribution in [1.82, 2.24) is 5.43 Å². The highest BCUT2D eigenvalue weighted by molar-refractivity contribution is 5.75. The van der Waals surface area contributed by atoms with Crippen LogP contribution in [0.5, 0.6) is 5.75 Å². The lowest BCUT2D eigenvalue weighted by molar-refractivity contribution is -0.121. The highest BCUT2D eigenvalue weighted by Crippen LogP contribution is 2.24. The number of nitrogens with one attached hydrogen (secondary N) is 1. The molecule has 0 aliphatic rings. The van der Waals surface area contributed by atoms with Gasteiger partial charge >= 0.3 is 0 Å². The van der Waals surface area contributed by atoms with E-state index in [1.54, 1.807) is 7.11 Å². The summed E-state index contributed by atoms with van der Waals surface area (Å²) in [6.07, 6.45) is 2.02. The van der Waals surface area contributed by atoms with Crippen LogP contribution < -0.4 is 16.0 Å². The minimum absolute atomic E-state index is 0.132. The highest BCUT2D eigenvalue weighted by Gasteiger charge is 2.07. The third-order valence-corrected chi connectivity index (χ3v) is 2.91. The molecule has 1 amide bonds. The molecule has 0 aliphatic heterocycles. The number of hydrazine groups is 1. The average Bonchev–Trinajstić information content (AvgIpc) is 2.32. The molecule has 4 heteroatoms. The van der Waals surface area contributed by atoms with E-state index in [2.05, 4.69) is 25.3 Å². The Bertz CT molecular complexity index is 403. The molecule has 1 aromatic rings. The zero-order chi connectivity index (χ0) is 12.8. The van der Waals surface area contributed by atoms with Gasteiger partial charge < -0.3 is 4.74 Å². The van der Waals surface area contributed by atoms with E-state index < -0.39 is 0 Å². The van der Waals surface area contributed by atoms with Crippen molar-refractivity contribution in [3.05, 3.63) is 28.8 Å². The predicted octanol–water partition coefficient (Wildman–Crippen LogP) is 1.62. The van der Waals surface area contributed by atoms with Crippen LogP contribution in [0, 0.1) is 13.8 Å². The Hall–Kier alpha value is -1.55. The number of rotatable bonds is 5. The van der Waals surface area contributed by atoms with Crippen LogP contribution >= 0.6 is 0 Å². The molecule has 94 valence electrons. The zero-order valence-corrected chi connectivity index (χ0v) is 10.7. The zero-order valence-electron chi connectivity index (χ0n) is 10.7. The van der Waals surface area contributed by atoms with Gasteiger partial charge in [0.15, 0.2) is 0 Å². The molecule has 1 rings (SSSR count). The van der Waals surface area contributed by atoms with Gasteiger partial charge in [0.25, 0.3) is 0 Å². The van der Waals surface area contributed by atoms with Crippen molar-refractivity contribution in [3.63, 3.8) is 0 Å². The number of carbonyl (C=O) groups excluding carboxylic acids is 1. The molecule has 0 radical (unpaired) electrons. The van der Waals surface area contributed by atoms with E-state index in [1.165, 1.54) is 11.1 Å². The molecule has 0 aromatic heterocycles. The molecule has 0 heterocycles. The number of nitrogens with two attached hydrogens (primary N) is 1. The number of aryl methyl sites for hydroxylation is 3. The van der Waals surface area contributed by atoms with Gasteiger partial charge in [-0.3, -0.25) is 10.2 Å². The largest absolute Gasteiger partial charge is 0.496 e. The van der Waals surface area contributed by atoms with Crippen LogP contribution in [-0.2, 0) is 11.2 Å². The van der Waals surface area contributed by atoms with Gasteiger partial charge in [-0.15, -0.1) is 0 Å². The van der Waals surface area contributed by atoms with Crippen LogP contribution in [0.3, 0.4) is 0 Å². The summed E-state index contributed by atoms with van der Waals surface area (Å²) in [7, 11) is 1.67. The molecule has 0 aliphatic carbocycles. The Morgan fingerprint density at radius 2 is 2.00 bits per heavy atom. The van der Waals surface area contributed by atoms with Crippen LogP contribution in [0.1, 0.15) is 29.5 Å². The van der Waals surface area contributed by atoms with Crippen LogP contribution in [0.4, 0.5) is 0 Å². The fourth-order valence-corrected chi connectivity index (χ4v) is 1.75. The standard InChI is InChI=1S/C13H20N2O2/c1-9-7-11(5-4-6-13(16)15-14)12(17-3)8-10(9)2/h7-8H,4-6,14H2,1-3H3,(H,15,16). The van der Waals surface area contributed by atoms with Gasteiger partial charge in [-0.2, -0.15) is 0 Å². The molecule has 0 bridgehead atoms. The Kier molecular flexibility index (Phi) is 4.97. The van der Waals surface area contributed by atoms with E-state index in [0.717, 1.165) is 24.2 Å². The summed E-state index contributed by atoms with van der Waals surface area (Å²) >= 11 is 0. The maximum Gasteiger partial charge on any atom is 0.233 e. The molecule has 3 N–H and O–H groups in total. The monoisotopic (exact) mass is 236 g/mol. The second-order valence-electron chi connectivity index (χ2n) is 4.17. The van der Waals surface area contributed by atoms with Gasteiger partial charge in [-0.25, -0.2) is 5.84 Å². The molecule has 0 unspecified atom stereocenters. The summed E-state index contributed by atoms with van der Waals surface area (Å²) in [6, 6.07) is 4.15. The van der Waals surface area contributed by atoms with E-state index >= 15 is 0 Å². The van der Waals surface area contributed by atoms with Crippen molar-refractivity contribution < 1.29 is 9.53 Å². The summed E-state index contributed by atoms with van der Waals surface area (Å²) in [5.41, 5.74) is 5.72. The lowest BCUT2D eigenvalue weighted by atomic mass is 10.0. The maximum atomic E-state index is 11.0. The molecule has 0 atom stereocenters. The van der Waals surface area contributed by atoms with Crippen molar-refractivity contribution >= 4 is 5.91 Å². The van der Waals surface area contributed by atoms with Gasteiger partial charge in [-0.05, 0) is 49.4 Å². The lowest BCUT2D eigenvalue weighted by Crippen LogP contribution is -2.29. The number of methoxy groups -OCH3 is 1. The van der Waals surface area contributed by atoms with Crippen LogP contribution in [0.15, 0.2) is 12.1 Å². The second-order valence-corrected chi connectivity index (χ2v) is 4.17. The third kappa shape index (κ3) is 3.75. The number of hydrogen-bond donors (Lipinski definition) is 2. The summed E-state index contributed by atoms with van der Waals surface area (Å²) in [4.78, 5) is 11.0. The smallest absolute Gasteiger partial charge is 0.233 e. The Morgan fingerprint density at radius 1 is 1.35 bits per heavy atom. The molecular formula is C13H20N2O2. The lowest BCUT2D eigenvalue weighted by Gasteiger charge is -2.11. The van der Waals surface area contributed by atoms with Gasteiger partial charge in [-0.1, -0.05) is 6.07 Å². The first-order valence-electron chi connectivity index (χ1n) is 5.72. The normalized spacial score (nSPS) is 10.1. The molecule has 4 nitrogen and oxygen atoms in total. The van der Waals surface area contributed by atoms with Crippen LogP contribution in [0.2, 0.25) is 0 Å². The molecule has 17 heavy (non-hydrogen) atoms. The predicted molar refractivity (Wildman–Crippen MR) is 67.7 cm³/mol. The fourth-order valence-electron chi connectivity index (χ4n) is 1.75. The number of ether oxygens (including phenoxy) is 1. The highest BCUT2D eigenvalue weighted by atomic mass is 16.5. The third-order valence-electron chi connectivity index (χ3n) is 2.91. The number of benzene rings is 1. The molecule has 0 saturated heterocycles. The summed E-state index contributed by atoms with van der Waals surface area (Å²) < 4.78 is 5.34. The molecule has 0 saturated carbocycles. The van der Waals surface area contributed by atoms with E-state index in [1.807, 2.05) is 6.07 Å². The van der Waals surface area contributed by atoms with Crippen LogP contribution in [0.25, 0.3) is 0 Å². The number of amides is 1. The minimum atomic E-state index is -0.132. The van der Waals surface area contributed by atoms with E-state index in [-0.39, 0.29) is 5.91 Å². The van der Waals surface area contributed by atoms with Crippen molar-refractivity contribution in [2.24, 2.45) is 5.84 Å².